The molecule has 0 aliphatic carbocycles. The summed E-state index contributed by atoms with van der Waals surface area (Å²) in [7, 11) is 4.47. The van der Waals surface area contributed by atoms with Crippen molar-refractivity contribution in [2.24, 2.45) is 0 Å². The third kappa shape index (κ3) is 6.79. The monoisotopic (exact) mass is 613 g/mol. The number of H-pyrrole nitrogens is 1. The number of nitrogens with zero attached hydrogens (tertiary/aromatic N) is 2. The highest BCUT2D eigenvalue weighted by Crippen LogP contribution is 2.36. The topological polar surface area (TPSA) is 153 Å². The van der Waals surface area contributed by atoms with Gasteiger partial charge in [0.1, 0.15) is 16.4 Å². The molecular weight excluding hydrogens is 593 g/mol. The Balaban J connectivity index is 1.89. The fourth-order valence-corrected chi connectivity index (χ4v) is 4.34. The summed E-state index contributed by atoms with van der Waals surface area (Å²) < 4.78 is 21.7. The number of hydrogen-bond donors (Lipinski definition) is 3. The lowest BCUT2D eigenvalue weighted by Crippen LogP contribution is -2.11. The van der Waals surface area contributed by atoms with Gasteiger partial charge in [-0.3, -0.25) is 5.10 Å². The van der Waals surface area contributed by atoms with Gasteiger partial charge in [-0.15, -0.1) is 5.10 Å². The summed E-state index contributed by atoms with van der Waals surface area (Å²) in [6.45, 7) is -0.538. The smallest absolute Gasteiger partial charge is 0.342 e. The number of aliphatic carboxylic acids is 2. The van der Waals surface area contributed by atoms with Crippen LogP contribution >= 0.6 is 34.4 Å². The van der Waals surface area contributed by atoms with E-state index in [4.69, 9.17) is 24.1 Å². The van der Waals surface area contributed by atoms with Gasteiger partial charge in [-0.25, -0.2) is 14.6 Å². The fraction of sp³-hybridized carbons (Fsp3) is 0.182. The lowest BCUT2D eigenvalue weighted by Gasteiger charge is -2.12. The first-order valence-corrected chi connectivity index (χ1v) is 11.6. The van der Waals surface area contributed by atoms with Crippen molar-refractivity contribution in [1.82, 2.24) is 15.2 Å². The number of nitrogens with one attached hydrogen (secondary N) is 1. The molecule has 0 aliphatic rings. The van der Waals surface area contributed by atoms with Gasteiger partial charge in [0, 0.05) is 11.6 Å². The van der Waals surface area contributed by atoms with Crippen LogP contribution in [0.3, 0.4) is 0 Å². The molecule has 0 unspecified atom stereocenters. The lowest BCUT2D eigenvalue weighted by molar-refractivity contribution is -0.139. The summed E-state index contributed by atoms with van der Waals surface area (Å²) in [6, 6.07) is 8.40. The van der Waals surface area contributed by atoms with Gasteiger partial charge >= 0.3 is 11.9 Å². The maximum atomic E-state index is 11.9. The van der Waals surface area contributed by atoms with Gasteiger partial charge < -0.3 is 29.2 Å². The molecule has 0 bridgehead atoms. The van der Waals surface area contributed by atoms with Crippen LogP contribution in [0.25, 0.3) is 17.5 Å². The van der Waals surface area contributed by atoms with E-state index in [1.54, 1.807) is 30.3 Å². The van der Waals surface area contributed by atoms with Crippen molar-refractivity contribution in [2.75, 3.05) is 27.9 Å². The third-order valence-corrected chi connectivity index (χ3v) is 6.07. The molecule has 35 heavy (non-hydrogen) atoms. The Labute approximate surface area is 217 Å². The number of thioether (sulfide) groups is 1. The number of carboxylic acid groups (broad SMARTS) is 2. The van der Waals surface area contributed by atoms with Crippen LogP contribution in [-0.2, 0) is 9.59 Å². The predicted octanol–water partition coefficient (Wildman–Crippen LogP) is 3.78. The molecule has 2 aromatic carbocycles. The molecule has 1 aromatic heterocycles. The average molecular weight is 613 g/mol. The van der Waals surface area contributed by atoms with Gasteiger partial charge in [0.2, 0.25) is 5.16 Å². The van der Waals surface area contributed by atoms with Crippen LogP contribution in [0.2, 0.25) is 0 Å². The maximum absolute atomic E-state index is 11.9. The Morgan fingerprint density at radius 3 is 2.31 bits per heavy atom. The Hall–Kier alpha value is -3.46. The second-order valence-electron chi connectivity index (χ2n) is 6.70. The van der Waals surface area contributed by atoms with E-state index >= 15 is 0 Å². The van der Waals surface area contributed by atoms with Gasteiger partial charge in [-0.1, -0.05) is 0 Å². The van der Waals surface area contributed by atoms with E-state index in [1.807, 2.05) is 22.6 Å². The molecule has 0 spiro atoms. The van der Waals surface area contributed by atoms with E-state index in [1.165, 1.54) is 27.4 Å². The molecule has 0 fully saturated rings. The number of ether oxygens (including phenoxy) is 4. The van der Waals surface area contributed by atoms with E-state index in [9.17, 15) is 14.7 Å². The predicted molar refractivity (Wildman–Crippen MR) is 135 cm³/mol. The molecule has 0 aliphatic heterocycles. The van der Waals surface area contributed by atoms with Gasteiger partial charge in [-0.2, -0.15) is 0 Å². The molecule has 3 rings (SSSR count). The van der Waals surface area contributed by atoms with Crippen molar-refractivity contribution in [3.63, 3.8) is 0 Å². The van der Waals surface area contributed by atoms with Crippen molar-refractivity contribution in [2.45, 2.75) is 5.16 Å². The normalized spacial score (nSPS) is 11.1. The Bertz CT molecular complexity index is 1260. The second kappa shape index (κ2) is 11.8. The zero-order valence-electron chi connectivity index (χ0n) is 18.7. The first-order chi connectivity index (χ1) is 16.7. The van der Waals surface area contributed by atoms with E-state index < -0.39 is 18.5 Å². The molecule has 0 atom stereocenters. The highest BCUT2D eigenvalue weighted by molar-refractivity contribution is 14.1. The molecule has 184 valence electrons. The molecule has 11 nitrogen and oxygen atoms in total. The number of aromatic nitrogens is 3. The standard InChI is InChI=1S/C22H20IN3O8S/c1-31-13-7-12(8-14(9-13)32-2)20-24-22(26-25-20)35-17(21(29)30)6-11-4-15(23)19(16(5-11)33-3)34-10-18(27)28/h4-9H,10H2,1-3H3,(H,27,28)(H,29,30)(H,24,25,26)/b17-6-. The van der Waals surface area contributed by atoms with E-state index in [0.29, 0.717) is 32.0 Å². The van der Waals surface area contributed by atoms with Gasteiger partial charge in [0.15, 0.2) is 23.9 Å². The minimum atomic E-state index is -1.18. The van der Waals surface area contributed by atoms with Gasteiger partial charge in [-0.05, 0) is 70.3 Å². The largest absolute Gasteiger partial charge is 0.497 e. The van der Waals surface area contributed by atoms with Crippen LogP contribution in [0.5, 0.6) is 23.0 Å². The van der Waals surface area contributed by atoms with Gasteiger partial charge in [0.25, 0.3) is 0 Å². The van der Waals surface area contributed by atoms with Crippen molar-refractivity contribution in [1.29, 1.82) is 0 Å². The molecular formula is C22H20IN3O8S. The summed E-state index contributed by atoms with van der Waals surface area (Å²) in [5, 5.41) is 25.7. The minimum Gasteiger partial charge on any atom is -0.497 e. The summed E-state index contributed by atoms with van der Waals surface area (Å²) in [6.07, 6.45) is 1.43. The fourth-order valence-electron chi connectivity index (χ4n) is 2.85. The number of aromatic amines is 1. The zero-order chi connectivity index (χ0) is 25.5. The molecule has 3 N–H and O–H groups in total. The van der Waals surface area contributed by atoms with Crippen LogP contribution in [0.4, 0.5) is 0 Å². The zero-order valence-corrected chi connectivity index (χ0v) is 21.7. The number of benzene rings is 2. The first-order valence-electron chi connectivity index (χ1n) is 9.74. The Morgan fingerprint density at radius 2 is 1.74 bits per heavy atom. The van der Waals surface area contributed by atoms with Crippen LogP contribution in [-0.4, -0.2) is 65.3 Å². The number of carbonyl (C=O) groups is 2. The second-order valence-corrected chi connectivity index (χ2v) is 8.87. The molecule has 0 saturated heterocycles. The van der Waals surface area contributed by atoms with Crippen molar-refractivity contribution < 1.29 is 38.7 Å². The van der Waals surface area contributed by atoms with Crippen molar-refractivity contribution in [3.05, 3.63) is 44.4 Å². The molecule has 3 aromatic rings. The maximum Gasteiger partial charge on any atom is 0.342 e. The highest BCUT2D eigenvalue weighted by Gasteiger charge is 2.17. The SMILES string of the molecule is COc1cc(OC)cc(-c2nc(S/C(=C\c3cc(I)c(OCC(=O)O)c(OC)c3)C(=O)O)n[nH]2)c1. The molecule has 0 amide bonds. The Kier molecular flexibility index (Phi) is 8.81. The van der Waals surface area contributed by atoms with Crippen molar-refractivity contribution in [3.8, 4) is 34.4 Å². The summed E-state index contributed by atoms with van der Waals surface area (Å²) in [4.78, 5) is 27.1. The third-order valence-electron chi connectivity index (χ3n) is 4.39. The summed E-state index contributed by atoms with van der Waals surface area (Å²) in [5.74, 6) is -0.244. The van der Waals surface area contributed by atoms with E-state index in [-0.39, 0.29) is 21.6 Å². The van der Waals surface area contributed by atoms with Gasteiger partial charge in [0.05, 0.1) is 24.9 Å². The first kappa shape index (κ1) is 26.2. The highest BCUT2D eigenvalue weighted by atomic mass is 127. The van der Waals surface area contributed by atoms with Crippen LogP contribution in [0.1, 0.15) is 5.56 Å². The number of methoxy groups -OCH3 is 3. The number of rotatable bonds is 11. The number of hydrogen-bond acceptors (Lipinski definition) is 9. The van der Waals surface area contributed by atoms with Crippen LogP contribution in [0.15, 0.2) is 40.4 Å². The summed E-state index contributed by atoms with van der Waals surface area (Å²) >= 11 is 2.82. The molecule has 13 heteroatoms. The molecule has 0 radical (unpaired) electrons. The van der Waals surface area contributed by atoms with Crippen molar-refractivity contribution >= 4 is 52.4 Å². The van der Waals surface area contributed by atoms with E-state index in [0.717, 1.165) is 11.8 Å². The van der Waals surface area contributed by atoms with E-state index in [2.05, 4.69) is 15.2 Å². The minimum absolute atomic E-state index is 0.0455. The van der Waals surface area contributed by atoms with Crippen LogP contribution in [0, 0.1) is 3.57 Å². The Morgan fingerprint density at radius 1 is 1.06 bits per heavy atom. The lowest BCUT2D eigenvalue weighted by atomic mass is 10.2. The number of halogens is 1. The quantitative estimate of drug-likeness (QED) is 0.165. The van der Waals surface area contributed by atoms with Crippen LogP contribution < -0.4 is 18.9 Å². The summed E-state index contributed by atoms with van der Waals surface area (Å²) in [5.41, 5.74) is 1.16. The number of carboxylic acids is 2. The molecule has 0 saturated carbocycles. The average Bonchev–Trinajstić information content (AvgIpc) is 3.30. The molecule has 1 heterocycles.